The zero-order valence-electron chi connectivity index (χ0n) is 12.9. The van der Waals surface area contributed by atoms with Crippen molar-refractivity contribution in [1.29, 1.82) is 0 Å². The van der Waals surface area contributed by atoms with Gasteiger partial charge in [-0.3, -0.25) is 4.79 Å². The number of rotatable bonds is 5. The van der Waals surface area contributed by atoms with Gasteiger partial charge in [-0.15, -0.1) is 0 Å². The fourth-order valence-electron chi connectivity index (χ4n) is 2.13. The molecular formula is C19H20ClNO. The summed E-state index contributed by atoms with van der Waals surface area (Å²) in [4.78, 5) is 14.3. The molecular weight excluding hydrogens is 294 g/mol. The van der Waals surface area contributed by atoms with Gasteiger partial charge in [0.25, 0.3) is 0 Å². The lowest BCUT2D eigenvalue weighted by molar-refractivity contribution is -0.128. The van der Waals surface area contributed by atoms with Crippen LogP contribution in [0.3, 0.4) is 0 Å². The summed E-state index contributed by atoms with van der Waals surface area (Å²) < 4.78 is 0. The van der Waals surface area contributed by atoms with E-state index >= 15 is 0 Å². The van der Waals surface area contributed by atoms with Crippen LogP contribution in [0.4, 0.5) is 0 Å². The van der Waals surface area contributed by atoms with Crippen molar-refractivity contribution in [1.82, 2.24) is 4.90 Å². The summed E-state index contributed by atoms with van der Waals surface area (Å²) in [6.07, 6.45) is 3.44. The predicted molar refractivity (Wildman–Crippen MR) is 92.6 cm³/mol. The normalized spacial score (nSPS) is 11.1. The van der Waals surface area contributed by atoms with Crippen LogP contribution in [0.1, 0.15) is 25.0 Å². The molecule has 0 aliphatic rings. The van der Waals surface area contributed by atoms with Crippen molar-refractivity contribution in [2.45, 2.75) is 26.4 Å². The van der Waals surface area contributed by atoms with E-state index in [1.807, 2.05) is 79.4 Å². The number of carbonyl (C=O) groups is 1. The van der Waals surface area contributed by atoms with Gasteiger partial charge in [0.2, 0.25) is 5.91 Å². The van der Waals surface area contributed by atoms with Crippen LogP contribution in [0.15, 0.2) is 60.7 Å². The fraction of sp³-hybridized carbons (Fsp3) is 0.211. The maximum Gasteiger partial charge on any atom is 0.247 e. The van der Waals surface area contributed by atoms with E-state index in [2.05, 4.69) is 0 Å². The first kappa shape index (κ1) is 16.3. The van der Waals surface area contributed by atoms with Gasteiger partial charge in [0, 0.05) is 23.7 Å². The molecule has 0 bridgehead atoms. The highest BCUT2D eigenvalue weighted by atomic mass is 35.5. The molecule has 0 fully saturated rings. The Morgan fingerprint density at radius 3 is 2.32 bits per heavy atom. The SMILES string of the molecule is CC(C)N(Cc1ccccc1)C(=O)C=Cc1ccc(Cl)cc1. The molecule has 0 unspecified atom stereocenters. The molecule has 0 N–H and O–H groups in total. The van der Waals surface area contributed by atoms with E-state index in [9.17, 15) is 4.79 Å². The van der Waals surface area contributed by atoms with E-state index in [1.165, 1.54) is 0 Å². The van der Waals surface area contributed by atoms with Crippen LogP contribution in [-0.4, -0.2) is 16.8 Å². The summed E-state index contributed by atoms with van der Waals surface area (Å²) in [7, 11) is 0. The number of halogens is 1. The Balaban J connectivity index is 2.08. The fourth-order valence-corrected chi connectivity index (χ4v) is 2.26. The minimum atomic E-state index is 0.00815. The number of benzene rings is 2. The van der Waals surface area contributed by atoms with Crippen molar-refractivity contribution >= 4 is 23.6 Å². The Kier molecular flexibility index (Phi) is 5.79. The third kappa shape index (κ3) is 4.74. The molecule has 0 aliphatic carbocycles. The maximum atomic E-state index is 12.4. The third-order valence-electron chi connectivity index (χ3n) is 3.39. The quantitative estimate of drug-likeness (QED) is 0.727. The number of nitrogens with zero attached hydrogens (tertiary/aromatic N) is 1. The Morgan fingerprint density at radius 2 is 1.73 bits per heavy atom. The minimum Gasteiger partial charge on any atom is -0.332 e. The monoisotopic (exact) mass is 313 g/mol. The highest BCUT2D eigenvalue weighted by molar-refractivity contribution is 6.30. The molecule has 3 heteroatoms. The van der Waals surface area contributed by atoms with Crippen LogP contribution in [0.25, 0.3) is 6.08 Å². The van der Waals surface area contributed by atoms with Crippen molar-refractivity contribution in [3.63, 3.8) is 0 Å². The van der Waals surface area contributed by atoms with E-state index < -0.39 is 0 Å². The molecule has 0 heterocycles. The van der Waals surface area contributed by atoms with Crippen LogP contribution in [-0.2, 0) is 11.3 Å². The second-order valence-electron chi connectivity index (χ2n) is 5.43. The van der Waals surface area contributed by atoms with Crippen LogP contribution in [0, 0.1) is 0 Å². The summed E-state index contributed by atoms with van der Waals surface area (Å²) in [5.41, 5.74) is 2.09. The molecule has 0 saturated carbocycles. The average Bonchev–Trinajstić information content (AvgIpc) is 2.52. The first-order chi connectivity index (χ1) is 10.6. The van der Waals surface area contributed by atoms with Gasteiger partial charge in [-0.05, 0) is 43.2 Å². The highest BCUT2D eigenvalue weighted by Crippen LogP contribution is 2.12. The lowest BCUT2D eigenvalue weighted by Gasteiger charge is -2.25. The van der Waals surface area contributed by atoms with E-state index in [1.54, 1.807) is 6.08 Å². The first-order valence-corrected chi connectivity index (χ1v) is 7.72. The van der Waals surface area contributed by atoms with E-state index in [0.29, 0.717) is 11.6 Å². The summed E-state index contributed by atoms with van der Waals surface area (Å²) >= 11 is 5.86. The van der Waals surface area contributed by atoms with Crippen molar-refractivity contribution in [3.8, 4) is 0 Å². The molecule has 2 aromatic carbocycles. The Labute approximate surface area is 137 Å². The second-order valence-corrected chi connectivity index (χ2v) is 5.87. The van der Waals surface area contributed by atoms with Crippen LogP contribution < -0.4 is 0 Å². The maximum absolute atomic E-state index is 12.4. The highest BCUT2D eigenvalue weighted by Gasteiger charge is 2.14. The van der Waals surface area contributed by atoms with E-state index in [4.69, 9.17) is 11.6 Å². The summed E-state index contributed by atoms with van der Waals surface area (Å²) in [5.74, 6) is 0.00815. The lowest BCUT2D eigenvalue weighted by Crippen LogP contribution is -2.35. The average molecular weight is 314 g/mol. The van der Waals surface area contributed by atoms with E-state index in [-0.39, 0.29) is 11.9 Å². The number of amides is 1. The second kappa shape index (κ2) is 7.81. The largest absolute Gasteiger partial charge is 0.332 e. The standard InChI is InChI=1S/C19H20ClNO/c1-15(2)21(14-17-6-4-3-5-7-17)19(22)13-10-16-8-11-18(20)12-9-16/h3-13,15H,14H2,1-2H3. The Morgan fingerprint density at radius 1 is 1.09 bits per heavy atom. The molecule has 2 aromatic rings. The third-order valence-corrected chi connectivity index (χ3v) is 3.64. The van der Waals surface area contributed by atoms with E-state index in [0.717, 1.165) is 11.1 Å². The summed E-state index contributed by atoms with van der Waals surface area (Å²) in [5, 5.41) is 0.691. The topological polar surface area (TPSA) is 20.3 Å². The molecule has 0 aromatic heterocycles. The van der Waals surface area contributed by atoms with Gasteiger partial charge < -0.3 is 4.90 Å². The zero-order chi connectivity index (χ0) is 15.9. The lowest BCUT2D eigenvalue weighted by atomic mass is 10.1. The van der Waals surface area contributed by atoms with Crippen molar-refractivity contribution in [3.05, 3.63) is 76.8 Å². The summed E-state index contributed by atoms with van der Waals surface area (Å²) in [6, 6.07) is 17.6. The van der Waals surface area contributed by atoms with Crippen LogP contribution >= 0.6 is 11.6 Å². The Hall–Kier alpha value is -2.06. The smallest absolute Gasteiger partial charge is 0.247 e. The molecule has 0 aliphatic heterocycles. The molecule has 2 nitrogen and oxygen atoms in total. The number of hydrogen-bond donors (Lipinski definition) is 0. The van der Waals surface area contributed by atoms with Gasteiger partial charge in [-0.25, -0.2) is 0 Å². The molecule has 0 saturated heterocycles. The van der Waals surface area contributed by atoms with Crippen molar-refractivity contribution in [2.24, 2.45) is 0 Å². The predicted octanol–water partition coefficient (Wildman–Crippen LogP) is 4.79. The molecule has 2 rings (SSSR count). The molecule has 114 valence electrons. The van der Waals surface area contributed by atoms with Crippen LogP contribution in [0.5, 0.6) is 0 Å². The minimum absolute atomic E-state index is 0.00815. The molecule has 0 radical (unpaired) electrons. The van der Waals surface area contributed by atoms with Gasteiger partial charge in [-0.2, -0.15) is 0 Å². The number of carbonyl (C=O) groups excluding carboxylic acids is 1. The Bertz CT molecular complexity index is 632. The van der Waals surface area contributed by atoms with Gasteiger partial charge >= 0.3 is 0 Å². The first-order valence-electron chi connectivity index (χ1n) is 7.34. The number of hydrogen-bond acceptors (Lipinski definition) is 1. The molecule has 0 spiro atoms. The van der Waals surface area contributed by atoms with Crippen molar-refractivity contribution < 1.29 is 4.79 Å². The van der Waals surface area contributed by atoms with Crippen molar-refractivity contribution in [2.75, 3.05) is 0 Å². The zero-order valence-corrected chi connectivity index (χ0v) is 13.6. The molecule has 22 heavy (non-hydrogen) atoms. The van der Waals surface area contributed by atoms with Gasteiger partial charge in [-0.1, -0.05) is 54.1 Å². The summed E-state index contributed by atoms with van der Waals surface area (Å²) in [6.45, 7) is 4.66. The molecule has 1 amide bonds. The van der Waals surface area contributed by atoms with Crippen LogP contribution in [0.2, 0.25) is 5.02 Å². The van der Waals surface area contributed by atoms with Gasteiger partial charge in [0.05, 0.1) is 0 Å². The van der Waals surface area contributed by atoms with Gasteiger partial charge in [0.1, 0.15) is 0 Å². The molecule has 0 atom stereocenters. The van der Waals surface area contributed by atoms with Gasteiger partial charge in [0.15, 0.2) is 0 Å².